The topological polar surface area (TPSA) is 41.6 Å². The van der Waals surface area contributed by atoms with Crippen molar-refractivity contribution in [2.75, 3.05) is 18.5 Å². The van der Waals surface area contributed by atoms with E-state index in [4.69, 9.17) is 4.74 Å². The fraction of sp³-hybridized carbons (Fsp3) is 0.389. The van der Waals surface area contributed by atoms with Crippen molar-refractivity contribution in [1.82, 2.24) is 4.90 Å². The molecule has 0 saturated heterocycles. The highest BCUT2D eigenvalue weighted by atomic mass is 32.1. The van der Waals surface area contributed by atoms with Gasteiger partial charge in [0.1, 0.15) is 11.8 Å². The molecule has 3 rings (SSSR count). The van der Waals surface area contributed by atoms with Crippen LogP contribution in [0, 0.1) is 0 Å². The fourth-order valence-electron chi connectivity index (χ4n) is 2.84. The molecule has 122 valence electrons. The quantitative estimate of drug-likeness (QED) is 0.912. The number of fused-ring (bicyclic) bond motifs is 1. The smallest absolute Gasteiger partial charge is 0.245 e. The molecule has 1 aliphatic rings. The third-order valence-electron chi connectivity index (χ3n) is 4.04. The van der Waals surface area contributed by atoms with Crippen LogP contribution in [0.15, 0.2) is 35.7 Å². The molecule has 0 aliphatic carbocycles. The summed E-state index contributed by atoms with van der Waals surface area (Å²) in [6.07, 6.45) is 0.967. The highest BCUT2D eigenvalue weighted by Crippen LogP contribution is 2.24. The number of hydrogen-bond acceptors (Lipinski definition) is 4. The number of anilines is 1. The van der Waals surface area contributed by atoms with Crippen LogP contribution in [0.2, 0.25) is 0 Å². The summed E-state index contributed by atoms with van der Waals surface area (Å²) >= 11 is 1.79. The Labute approximate surface area is 141 Å². The molecule has 4 nitrogen and oxygen atoms in total. The van der Waals surface area contributed by atoms with Crippen molar-refractivity contribution in [2.24, 2.45) is 0 Å². The second-order valence-corrected chi connectivity index (χ2v) is 6.70. The Morgan fingerprint density at radius 3 is 2.87 bits per heavy atom. The molecule has 1 aromatic heterocycles. The van der Waals surface area contributed by atoms with Crippen LogP contribution in [0.1, 0.15) is 24.3 Å². The van der Waals surface area contributed by atoms with Gasteiger partial charge in [0.15, 0.2) is 0 Å². The van der Waals surface area contributed by atoms with E-state index in [0.717, 1.165) is 30.9 Å². The minimum Gasteiger partial charge on any atom is -0.494 e. The van der Waals surface area contributed by atoms with Crippen LogP contribution in [-0.2, 0) is 17.8 Å². The van der Waals surface area contributed by atoms with Gasteiger partial charge in [0.2, 0.25) is 5.91 Å². The van der Waals surface area contributed by atoms with Crippen LogP contribution in [-0.4, -0.2) is 30.0 Å². The van der Waals surface area contributed by atoms with E-state index in [2.05, 4.69) is 16.8 Å². The van der Waals surface area contributed by atoms with Crippen LogP contribution in [0.25, 0.3) is 0 Å². The Bertz CT molecular complexity index is 666. The molecule has 1 amide bonds. The van der Waals surface area contributed by atoms with Crippen molar-refractivity contribution in [1.29, 1.82) is 0 Å². The summed E-state index contributed by atoms with van der Waals surface area (Å²) in [5.74, 6) is 0.994. The summed E-state index contributed by atoms with van der Waals surface area (Å²) < 4.78 is 5.43. The van der Waals surface area contributed by atoms with E-state index in [-0.39, 0.29) is 11.9 Å². The predicted octanol–water partition coefficient (Wildman–Crippen LogP) is 3.53. The van der Waals surface area contributed by atoms with Gasteiger partial charge in [-0.25, -0.2) is 0 Å². The monoisotopic (exact) mass is 330 g/mol. The van der Waals surface area contributed by atoms with Gasteiger partial charge in [-0.05, 0) is 61.5 Å². The Hall–Kier alpha value is -2.01. The van der Waals surface area contributed by atoms with Gasteiger partial charge in [-0.15, -0.1) is 11.3 Å². The van der Waals surface area contributed by atoms with E-state index >= 15 is 0 Å². The van der Waals surface area contributed by atoms with Crippen LogP contribution in [0.5, 0.6) is 5.75 Å². The molecule has 2 aromatic rings. The van der Waals surface area contributed by atoms with Gasteiger partial charge in [0.05, 0.1) is 6.61 Å². The number of rotatable bonds is 5. The first kappa shape index (κ1) is 15.9. The number of nitrogens with one attached hydrogen (secondary N) is 1. The Balaban J connectivity index is 1.59. The van der Waals surface area contributed by atoms with Crippen molar-refractivity contribution in [3.8, 4) is 5.75 Å². The van der Waals surface area contributed by atoms with Crippen LogP contribution in [0.4, 0.5) is 5.69 Å². The van der Waals surface area contributed by atoms with Crippen molar-refractivity contribution >= 4 is 22.9 Å². The van der Waals surface area contributed by atoms with Crippen molar-refractivity contribution in [3.05, 3.63) is 46.2 Å². The predicted molar refractivity (Wildman–Crippen MR) is 94.1 cm³/mol. The van der Waals surface area contributed by atoms with Gasteiger partial charge in [-0.3, -0.25) is 4.79 Å². The van der Waals surface area contributed by atoms with Gasteiger partial charge < -0.3 is 15.0 Å². The van der Waals surface area contributed by atoms with Crippen molar-refractivity contribution in [3.63, 3.8) is 0 Å². The lowest BCUT2D eigenvalue weighted by Gasteiger charge is -2.30. The first-order valence-corrected chi connectivity index (χ1v) is 8.88. The molecule has 1 unspecified atom stereocenters. The summed E-state index contributed by atoms with van der Waals surface area (Å²) in [7, 11) is 0. The van der Waals surface area contributed by atoms with E-state index < -0.39 is 0 Å². The minimum absolute atomic E-state index is 0.149. The third kappa shape index (κ3) is 3.67. The van der Waals surface area contributed by atoms with Gasteiger partial charge in [0, 0.05) is 23.7 Å². The molecule has 0 radical (unpaired) electrons. The Morgan fingerprint density at radius 2 is 2.13 bits per heavy atom. The highest BCUT2D eigenvalue weighted by Gasteiger charge is 2.25. The van der Waals surface area contributed by atoms with E-state index in [9.17, 15) is 4.79 Å². The number of amides is 1. The maximum Gasteiger partial charge on any atom is 0.245 e. The standard InChI is InChI=1S/C18H22N2O2S/c1-3-22-16-6-4-15(5-7-16)19-13(2)18(21)20-10-8-17-14(12-20)9-11-23-17/h4-7,9,11,13,19H,3,8,10,12H2,1-2H3. The van der Waals surface area contributed by atoms with Gasteiger partial charge in [-0.1, -0.05) is 0 Å². The summed E-state index contributed by atoms with van der Waals surface area (Å²) in [4.78, 5) is 16.0. The molecule has 0 spiro atoms. The number of nitrogens with zero attached hydrogens (tertiary/aromatic N) is 1. The van der Waals surface area contributed by atoms with Crippen LogP contribution < -0.4 is 10.1 Å². The van der Waals surface area contributed by atoms with Gasteiger partial charge in [-0.2, -0.15) is 0 Å². The molecule has 1 aromatic carbocycles. The number of carbonyl (C=O) groups excluding carboxylic acids is 1. The van der Waals surface area contributed by atoms with Gasteiger partial charge in [0.25, 0.3) is 0 Å². The second kappa shape index (κ2) is 7.04. The minimum atomic E-state index is -0.242. The fourth-order valence-corrected chi connectivity index (χ4v) is 3.73. The highest BCUT2D eigenvalue weighted by molar-refractivity contribution is 7.10. The second-order valence-electron chi connectivity index (χ2n) is 5.70. The zero-order valence-corrected chi connectivity index (χ0v) is 14.4. The summed E-state index contributed by atoms with van der Waals surface area (Å²) in [6, 6.07) is 9.62. The van der Waals surface area contributed by atoms with E-state index in [1.165, 1.54) is 10.4 Å². The number of ether oxygens (including phenoxy) is 1. The molecule has 0 fully saturated rings. The molecule has 2 heterocycles. The molecule has 1 atom stereocenters. The van der Waals surface area contributed by atoms with E-state index in [1.54, 1.807) is 11.3 Å². The summed E-state index contributed by atoms with van der Waals surface area (Å²) in [5.41, 5.74) is 2.23. The van der Waals surface area contributed by atoms with Crippen LogP contribution in [0.3, 0.4) is 0 Å². The molecule has 23 heavy (non-hydrogen) atoms. The Morgan fingerprint density at radius 1 is 1.35 bits per heavy atom. The van der Waals surface area contributed by atoms with Crippen molar-refractivity contribution < 1.29 is 9.53 Å². The van der Waals surface area contributed by atoms with Crippen molar-refractivity contribution in [2.45, 2.75) is 32.9 Å². The molecular formula is C18H22N2O2S. The van der Waals surface area contributed by atoms with Gasteiger partial charge >= 0.3 is 0 Å². The molecule has 0 saturated carbocycles. The number of thiophene rings is 1. The van der Waals surface area contributed by atoms with E-state index in [1.807, 2.05) is 43.0 Å². The first-order chi connectivity index (χ1) is 11.2. The van der Waals surface area contributed by atoms with Crippen LogP contribution >= 0.6 is 11.3 Å². The molecular weight excluding hydrogens is 308 g/mol. The summed E-state index contributed by atoms with van der Waals surface area (Å²) in [5, 5.41) is 5.39. The molecule has 1 N–H and O–H groups in total. The lowest BCUT2D eigenvalue weighted by atomic mass is 10.1. The normalized spacial score (nSPS) is 15.0. The average molecular weight is 330 g/mol. The number of carbonyl (C=O) groups is 1. The summed E-state index contributed by atoms with van der Waals surface area (Å²) in [6.45, 7) is 6.07. The lowest BCUT2D eigenvalue weighted by Crippen LogP contribution is -2.43. The number of hydrogen-bond donors (Lipinski definition) is 1. The largest absolute Gasteiger partial charge is 0.494 e. The number of benzene rings is 1. The first-order valence-electron chi connectivity index (χ1n) is 8.01. The molecule has 5 heteroatoms. The average Bonchev–Trinajstić information content (AvgIpc) is 3.03. The zero-order chi connectivity index (χ0) is 16.2. The maximum atomic E-state index is 12.6. The lowest BCUT2D eigenvalue weighted by molar-refractivity contribution is -0.132. The SMILES string of the molecule is CCOc1ccc(NC(C)C(=O)N2CCc3sccc3C2)cc1. The Kier molecular flexibility index (Phi) is 4.86. The molecule has 1 aliphatic heterocycles. The maximum absolute atomic E-state index is 12.6. The van der Waals surface area contributed by atoms with E-state index in [0.29, 0.717) is 6.61 Å². The molecule has 0 bridgehead atoms. The zero-order valence-electron chi connectivity index (χ0n) is 13.5. The third-order valence-corrected chi connectivity index (χ3v) is 5.06.